The van der Waals surface area contributed by atoms with Gasteiger partial charge in [-0.3, -0.25) is 14.2 Å². The number of hydrogen-bond acceptors (Lipinski definition) is 8. The van der Waals surface area contributed by atoms with Crippen molar-refractivity contribution in [2.75, 3.05) is 0 Å². The molecule has 3 N–H and O–H groups in total. The fourth-order valence-electron chi connectivity index (χ4n) is 2.04. The summed E-state index contributed by atoms with van der Waals surface area (Å²) in [6, 6.07) is 0. The average molecular weight is 775 g/mol. The van der Waals surface area contributed by atoms with E-state index in [0.717, 1.165) is 0 Å². The summed E-state index contributed by atoms with van der Waals surface area (Å²) in [5, 5.41) is -4.99. The maximum Gasteiger partial charge on any atom is 0.575 e. The van der Waals surface area contributed by atoms with Crippen molar-refractivity contribution >= 4 is 5.97 Å². The second kappa shape index (κ2) is 12.4. The number of alkyl halides is 26. The lowest BCUT2D eigenvalue weighted by atomic mass is 10.3. The maximum absolute atomic E-state index is 14.6. The summed E-state index contributed by atoms with van der Waals surface area (Å²) in [4.78, 5) is 11.0. The van der Waals surface area contributed by atoms with E-state index in [1.807, 2.05) is 0 Å². The number of nitrogens with one attached hydrogen (secondary N) is 3. The van der Waals surface area contributed by atoms with Crippen LogP contribution in [-0.2, 0) is 23.7 Å². The van der Waals surface area contributed by atoms with Crippen LogP contribution in [-0.4, -0.2) is 79.6 Å². The molecule has 0 spiro atoms. The van der Waals surface area contributed by atoms with E-state index < -0.39 is 95.5 Å². The first-order chi connectivity index (χ1) is 19.9. The quantitative estimate of drug-likeness (QED) is 0.0874. The Bertz CT molecular complexity index is 1100. The van der Waals surface area contributed by atoms with E-state index in [0.29, 0.717) is 0 Å². The lowest BCUT2D eigenvalue weighted by molar-refractivity contribution is -0.547. The van der Waals surface area contributed by atoms with Gasteiger partial charge in [0.2, 0.25) is 0 Å². The average Bonchev–Trinajstić information content (AvgIpc) is 2.65. The highest BCUT2D eigenvalue weighted by molar-refractivity contribution is 5.77. The third kappa shape index (κ3) is 11.5. The normalized spacial score (nSPS) is 19.1. The molecule has 3 atom stereocenters. The standard InChI is InChI=1S/C13H3F26N3O5/c14-2(40-10(28,29)30,1(43)44-13(37,38)39)45-6(22,23)8(26,41-11(31,32)33)47-7(24,25)9(27,42-12(34,35)36)46-5(20,21)3(15,16)4(17,18)19/h40-42H. The maximum atomic E-state index is 14.6. The van der Waals surface area contributed by atoms with Crippen LogP contribution in [0.5, 0.6) is 0 Å². The van der Waals surface area contributed by atoms with Gasteiger partial charge in [-0.05, 0) is 0 Å². The summed E-state index contributed by atoms with van der Waals surface area (Å²) in [6.45, 7) is 0. The van der Waals surface area contributed by atoms with E-state index in [1.54, 1.807) is 9.47 Å². The van der Waals surface area contributed by atoms with Crippen molar-refractivity contribution in [2.45, 2.75) is 73.6 Å². The Morgan fingerprint density at radius 1 is 0.404 bits per heavy atom. The van der Waals surface area contributed by atoms with Gasteiger partial charge in [-0.1, -0.05) is 0 Å². The minimum Gasteiger partial charge on any atom is -0.367 e. The third-order valence-corrected chi connectivity index (χ3v) is 3.66. The lowest BCUT2D eigenvalue weighted by Crippen LogP contribution is -2.73. The molecule has 0 aliphatic rings. The van der Waals surface area contributed by atoms with Crippen LogP contribution in [0.15, 0.2) is 0 Å². The van der Waals surface area contributed by atoms with E-state index in [1.165, 1.54) is 9.47 Å². The van der Waals surface area contributed by atoms with Gasteiger partial charge in [-0.15, -0.1) is 13.2 Å². The van der Waals surface area contributed by atoms with Gasteiger partial charge in [0.15, 0.2) is 0 Å². The van der Waals surface area contributed by atoms with Crippen LogP contribution in [0.4, 0.5) is 114 Å². The highest BCUT2D eigenvalue weighted by atomic mass is 19.4. The summed E-state index contributed by atoms with van der Waals surface area (Å²) in [7, 11) is 0. The molecule has 0 aliphatic carbocycles. The number of carbonyl (C=O) groups excluding carboxylic acids is 1. The Kier molecular flexibility index (Phi) is 11.7. The Balaban J connectivity index is 7.42. The molecule has 0 heterocycles. The van der Waals surface area contributed by atoms with Gasteiger partial charge in [0.25, 0.3) is 0 Å². The molecule has 3 unspecified atom stereocenters. The van der Waals surface area contributed by atoms with E-state index in [2.05, 4.69) is 0 Å². The van der Waals surface area contributed by atoms with Crippen molar-refractivity contribution in [1.29, 1.82) is 0 Å². The number of rotatable bonds is 13. The Morgan fingerprint density at radius 2 is 0.702 bits per heavy atom. The molecule has 0 saturated heterocycles. The number of carbonyl (C=O) groups is 1. The number of ether oxygens (including phenoxy) is 4. The summed E-state index contributed by atoms with van der Waals surface area (Å²) >= 11 is 0. The molecule has 0 aromatic rings. The van der Waals surface area contributed by atoms with Crippen LogP contribution in [0.2, 0.25) is 0 Å². The van der Waals surface area contributed by atoms with Gasteiger partial charge in [-0.2, -0.15) is 117 Å². The summed E-state index contributed by atoms with van der Waals surface area (Å²) in [5.74, 6) is -35.9. The van der Waals surface area contributed by atoms with Crippen LogP contribution in [0, 0.1) is 0 Å². The van der Waals surface area contributed by atoms with Gasteiger partial charge in [-0.25, -0.2) is 4.79 Å². The van der Waals surface area contributed by atoms with Crippen molar-refractivity contribution in [3.8, 4) is 0 Å². The third-order valence-electron chi connectivity index (χ3n) is 3.66. The first-order valence-corrected chi connectivity index (χ1v) is 9.50. The molecule has 0 amide bonds. The van der Waals surface area contributed by atoms with Crippen molar-refractivity contribution in [1.82, 2.24) is 16.0 Å². The molecular formula is C13H3F26N3O5. The van der Waals surface area contributed by atoms with Gasteiger partial charge in [0.1, 0.15) is 0 Å². The molecule has 0 fully saturated rings. The van der Waals surface area contributed by atoms with Crippen molar-refractivity contribution in [3.63, 3.8) is 0 Å². The van der Waals surface area contributed by atoms with Crippen LogP contribution >= 0.6 is 0 Å². The molecule has 8 nitrogen and oxygen atoms in total. The zero-order chi connectivity index (χ0) is 38.5. The highest BCUT2D eigenvalue weighted by Crippen LogP contribution is 2.52. The number of halogens is 26. The van der Waals surface area contributed by atoms with Crippen molar-refractivity contribution in [3.05, 3.63) is 0 Å². The molecule has 0 rings (SSSR count). The first-order valence-electron chi connectivity index (χ1n) is 9.50. The zero-order valence-corrected chi connectivity index (χ0v) is 19.9. The first kappa shape index (κ1) is 44.4. The fraction of sp³-hybridized carbons (Fsp3) is 0.923. The van der Waals surface area contributed by atoms with Gasteiger partial charge in [0.05, 0.1) is 0 Å². The summed E-state index contributed by atoms with van der Waals surface area (Å²) in [6.07, 6.45) is -61.2. The molecule has 0 aromatic carbocycles. The molecule has 0 saturated carbocycles. The van der Waals surface area contributed by atoms with Crippen molar-refractivity contribution < 1.29 is 138 Å². The molecule has 0 radical (unpaired) electrons. The molecule has 34 heteroatoms. The van der Waals surface area contributed by atoms with Crippen LogP contribution in [0.25, 0.3) is 0 Å². The summed E-state index contributed by atoms with van der Waals surface area (Å²) in [5.41, 5.74) is 0. The predicted octanol–water partition coefficient (Wildman–Crippen LogP) is 6.27. The molecular weight excluding hydrogens is 772 g/mol. The fourth-order valence-corrected chi connectivity index (χ4v) is 2.04. The SMILES string of the molecule is O=C(OC(F)(F)F)C(F)(NC(F)(F)F)OC(F)(F)C(F)(NC(F)(F)F)OC(F)(F)C(F)(NC(F)(F)F)OC(F)(F)C(F)(F)C(F)(F)F. The summed E-state index contributed by atoms with van der Waals surface area (Å²) < 4.78 is 344. The largest absolute Gasteiger partial charge is 0.575 e. The number of hydrogen-bond donors (Lipinski definition) is 3. The smallest absolute Gasteiger partial charge is 0.367 e. The monoisotopic (exact) mass is 775 g/mol. The van der Waals surface area contributed by atoms with Gasteiger partial charge in [0, 0.05) is 0 Å². The zero-order valence-electron chi connectivity index (χ0n) is 19.9. The van der Waals surface area contributed by atoms with Gasteiger partial charge >= 0.3 is 79.6 Å². The van der Waals surface area contributed by atoms with E-state index in [-0.39, 0.29) is 0 Å². The predicted molar refractivity (Wildman–Crippen MR) is 80.3 cm³/mol. The van der Waals surface area contributed by atoms with Crippen LogP contribution < -0.4 is 16.0 Å². The van der Waals surface area contributed by atoms with E-state index in [4.69, 9.17) is 0 Å². The van der Waals surface area contributed by atoms with Crippen LogP contribution in [0.1, 0.15) is 0 Å². The molecule has 47 heavy (non-hydrogen) atoms. The minimum atomic E-state index is -8.41. The highest BCUT2D eigenvalue weighted by Gasteiger charge is 2.81. The van der Waals surface area contributed by atoms with E-state index >= 15 is 0 Å². The van der Waals surface area contributed by atoms with Crippen molar-refractivity contribution in [2.24, 2.45) is 0 Å². The van der Waals surface area contributed by atoms with Gasteiger partial charge < -0.3 is 4.74 Å². The molecule has 282 valence electrons. The number of esters is 1. The second-order valence-electron chi connectivity index (χ2n) is 7.42. The Hall–Kier alpha value is -2.59. The Labute approximate surface area is 235 Å². The molecule has 0 aliphatic heterocycles. The Morgan fingerprint density at radius 3 is 0.979 bits per heavy atom. The second-order valence-corrected chi connectivity index (χ2v) is 7.42. The minimum absolute atomic E-state index is 1.33. The lowest BCUT2D eigenvalue weighted by Gasteiger charge is -2.42. The topological polar surface area (TPSA) is 90.1 Å². The molecule has 0 aromatic heterocycles. The van der Waals surface area contributed by atoms with Crippen LogP contribution in [0.3, 0.4) is 0 Å². The molecule has 0 bridgehead atoms. The van der Waals surface area contributed by atoms with E-state index in [9.17, 15) is 119 Å².